The Morgan fingerprint density at radius 2 is 2.33 bits per heavy atom. The molecule has 0 radical (unpaired) electrons. The number of aromatic nitrogens is 2. The van der Waals surface area contributed by atoms with Crippen LogP contribution < -0.4 is 0 Å². The van der Waals surface area contributed by atoms with E-state index in [2.05, 4.69) is 34.6 Å². The standard InChI is InChI=1S/C13H16N4S/c1-3-17-7-11(4-13(17)5-14)6-16(2)8-12-9-18-10-15-12/h4,7,9-10H,3,6,8H2,1-2H3. The summed E-state index contributed by atoms with van der Waals surface area (Å²) in [4.78, 5) is 6.47. The van der Waals surface area contributed by atoms with Crippen molar-refractivity contribution < 1.29 is 0 Å². The minimum Gasteiger partial charge on any atom is -0.339 e. The zero-order chi connectivity index (χ0) is 13.0. The van der Waals surface area contributed by atoms with E-state index in [1.807, 2.05) is 23.1 Å². The summed E-state index contributed by atoms with van der Waals surface area (Å²) < 4.78 is 1.98. The van der Waals surface area contributed by atoms with Crippen molar-refractivity contribution in [3.8, 4) is 6.07 Å². The molecule has 0 bridgehead atoms. The lowest BCUT2D eigenvalue weighted by molar-refractivity contribution is 0.315. The first-order valence-corrected chi connectivity index (χ1v) is 6.82. The predicted molar refractivity (Wildman–Crippen MR) is 72.1 cm³/mol. The lowest BCUT2D eigenvalue weighted by atomic mass is 10.3. The van der Waals surface area contributed by atoms with Crippen LogP contribution in [0.5, 0.6) is 0 Å². The smallest absolute Gasteiger partial charge is 0.120 e. The van der Waals surface area contributed by atoms with Crippen LogP contribution in [0.25, 0.3) is 0 Å². The van der Waals surface area contributed by atoms with Gasteiger partial charge in [0.15, 0.2) is 0 Å². The molecule has 0 saturated heterocycles. The van der Waals surface area contributed by atoms with Gasteiger partial charge in [0.2, 0.25) is 0 Å². The van der Waals surface area contributed by atoms with Gasteiger partial charge in [-0.2, -0.15) is 5.26 Å². The number of aryl methyl sites for hydroxylation is 1. The van der Waals surface area contributed by atoms with Crippen LogP contribution in [0.1, 0.15) is 23.9 Å². The van der Waals surface area contributed by atoms with Gasteiger partial charge in [0.05, 0.1) is 11.2 Å². The fraction of sp³-hybridized carbons (Fsp3) is 0.385. The van der Waals surface area contributed by atoms with Gasteiger partial charge in [0, 0.05) is 31.2 Å². The summed E-state index contributed by atoms with van der Waals surface area (Å²) in [5.41, 5.74) is 4.85. The topological polar surface area (TPSA) is 44.9 Å². The Morgan fingerprint density at radius 3 is 2.89 bits per heavy atom. The molecule has 4 nitrogen and oxygen atoms in total. The molecule has 0 atom stereocenters. The van der Waals surface area contributed by atoms with Crippen molar-refractivity contribution in [2.24, 2.45) is 0 Å². The number of thiazole rings is 1. The van der Waals surface area contributed by atoms with Gasteiger partial charge in [-0.3, -0.25) is 4.90 Å². The van der Waals surface area contributed by atoms with Crippen molar-refractivity contribution in [2.45, 2.75) is 26.6 Å². The SMILES string of the molecule is CCn1cc(CN(C)Cc2cscn2)cc1C#N. The van der Waals surface area contributed by atoms with E-state index < -0.39 is 0 Å². The third-order valence-electron chi connectivity index (χ3n) is 2.78. The molecule has 0 spiro atoms. The van der Waals surface area contributed by atoms with Crippen LogP contribution in [-0.2, 0) is 19.6 Å². The van der Waals surface area contributed by atoms with E-state index >= 15 is 0 Å². The van der Waals surface area contributed by atoms with E-state index in [9.17, 15) is 0 Å². The molecule has 2 rings (SSSR count). The summed E-state index contributed by atoms with van der Waals surface area (Å²) in [5.74, 6) is 0. The van der Waals surface area contributed by atoms with Crippen LogP contribution in [-0.4, -0.2) is 21.5 Å². The van der Waals surface area contributed by atoms with Gasteiger partial charge in [-0.1, -0.05) is 0 Å². The van der Waals surface area contributed by atoms with E-state index in [1.165, 1.54) is 5.56 Å². The average molecular weight is 260 g/mol. The molecule has 0 amide bonds. The molecule has 0 aliphatic rings. The van der Waals surface area contributed by atoms with Crippen LogP contribution in [0.15, 0.2) is 23.2 Å². The normalized spacial score (nSPS) is 10.8. The van der Waals surface area contributed by atoms with E-state index in [0.29, 0.717) is 0 Å². The van der Waals surface area contributed by atoms with Crippen LogP contribution >= 0.6 is 11.3 Å². The fourth-order valence-corrected chi connectivity index (χ4v) is 2.52. The molecule has 18 heavy (non-hydrogen) atoms. The number of hydrogen-bond donors (Lipinski definition) is 0. The van der Waals surface area contributed by atoms with E-state index in [4.69, 9.17) is 5.26 Å². The quantitative estimate of drug-likeness (QED) is 0.829. The minimum absolute atomic E-state index is 0.731. The minimum atomic E-state index is 0.731. The lowest BCUT2D eigenvalue weighted by Gasteiger charge is -2.13. The summed E-state index contributed by atoms with van der Waals surface area (Å²) in [6.45, 7) is 4.55. The molecule has 94 valence electrons. The summed E-state index contributed by atoms with van der Waals surface area (Å²) in [5, 5.41) is 11.1. The van der Waals surface area contributed by atoms with Gasteiger partial charge in [-0.05, 0) is 25.6 Å². The van der Waals surface area contributed by atoms with Gasteiger partial charge >= 0.3 is 0 Å². The summed E-state index contributed by atoms with van der Waals surface area (Å²) in [6.07, 6.45) is 2.05. The third-order valence-corrected chi connectivity index (χ3v) is 3.41. The average Bonchev–Trinajstić information content (AvgIpc) is 2.97. The Kier molecular flexibility index (Phi) is 4.13. The Hall–Kier alpha value is -1.64. The maximum atomic E-state index is 9.01. The van der Waals surface area contributed by atoms with Crippen molar-refractivity contribution in [3.05, 3.63) is 40.1 Å². The molecule has 0 aliphatic heterocycles. The first kappa shape index (κ1) is 12.8. The first-order valence-electron chi connectivity index (χ1n) is 5.87. The molecule has 0 aliphatic carbocycles. The maximum absolute atomic E-state index is 9.01. The molecule has 0 saturated carbocycles. The van der Waals surface area contributed by atoms with E-state index in [0.717, 1.165) is 31.0 Å². The maximum Gasteiger partial charge on any atom is 0.120 e. The molecule has 0 aromatic carbocycles. The molecule has 0 N–H and O–H groups in total. The summed E-state index contributed by atoms with van der Waals surface area (Å²) in [7, 11) is 2.06. The highest BCUT2D eigenvalue weighted by molar-refractivity contribution is 7.07. The predicted octanol–water partition coefficient (Wildman–Crippen LogP) is 2.47. The third kappa shape index (κ3) is 2.97. The van der Waals surface area contributed by atoms with E-state index in [1.54, 1.807) is 11.3 Å². The van der Waals surface area contributed by atoms with Crippen LogP contribution in [0.3, 0.4) is 0 Å². The van der Waals surface area contributed by atoms with Crippen LogP contribution in [0, 0.1) is 11.3 Å². The zero-order valence-corrected chi connectivity index (χ0v) is 11.4. The zero-order valence-electron chi connectivity index (χ0n) is 10.6. The lowest BCUT2D eigenvalue weighted by Crippen LogP contribution is -2.17. The summed E-state index contributed by atoms with van der Waals surface area (Å²) in [6, 6.07) is 4.18. The highest BCUT2D eigenvalue weighted by Gasteiger charge is 2.07. The first-order chi connectivity index (χ1) is 8.72. The molecular formula is C13H16N4S. The van der Waals surface area contributed by atoms with Gasteiger partial charge in [-0.15, -0.1) is 11.3 Å². The second-order valence-corrected chi connectivity index (χ2v) is 5.00. The summed E-state index contributed by atoms with van der Waals surface area (Å²) >= 11 is 1.62. The number of nitriles is 1. The van der Waals surface area contributed by atoms with Gasteiger partial charge in [0.1, 0.15) is 11.8 Å². The van der Waals surface area contributed by atoms with Crippen molar-refractivity contribution >= 4 is 11.3 Å². The second-order valence-electron chi connectivity index (χ2n) is 4.28. The van der Waals surface area contributed by atoms with Crippen molar-refractivity contribution in [1.82, 2.24) is 14.5 Å². The van der Waals surface area contributed by atoms with Crippen molar-refractivity contribution in [2.75, 3.05) is 7.05 Å². The monoisotopic (exact) mass is 260 g/mol. The highest BCUT2D eigenvalue weighted by atomic mass is 32.1. The molecular weight excluding hydrogens is 244 g/mol. The Balaban J connectivity index is 2.01. The number of nitrogens with zero attached hydrogens (tertiary/aromatic N) is 4. The highest BCUT2D eigenvalue weighted by Crippen LogP contribution is 2.12. The fourth-order valence-electron chi connectivity index (χ4n) is 1.97. The Labute approximate surface area is 111 Å². The van der Waals surface area contributed by atoms with Gasteiger partial charge in [0.25, 0.3) is 0 Å². The molecule has 2 aromatic heterocycles. The van der Waals surface area contributed by atoms with E-state index in [-0.39, 0.29) is 0 Å². The van der Waals surface area contributed by atoms with Crippen molar-refractivity contribution in [1.29, 1.82) is 5.26 Å². The molecule has 0 fully saturated rings. The molecule has 5 heteroatoms. The van der Waals surface area contributed by atoms with Crippen LogP contribution in [0.2, 0.25) is 0 Å². The largest absolute Gasteiger partial charge is 0.339 e. The Bertz CT molecular complexity index is 536. The number of rotatable bonds is 5. The number of hydrogen-bond acceptors (Lipinski definition) is 4. The molecule has 0 unspecified atom stereocenters. The van der Waals surface area contributed by atoms with Crippen molar-refractivity contribution in [3.63, 3.8) is 0 Å². The van der Waals surface area contributed by atoms with Gasteiger partial charge < -0.3 is 4.57 Å². The molecule has 2 aromatic rings. The Morgan fingerprint density at radius 1 is 1.50 bits per heavy atom. The van der Waals surface area contributed by atoms with Crippen LogP contribution in [0.4, 0.5) is 0 Å². The second kappa shape index (κ2) is 5.80. The van der Waals surface area contributed by atoms with Gasteiger partial charge in [-0.25, -0.2) is 4.98 Å². The molecule has 2 heterocycles.